The van der Waals surface area contributed by atoms with Gasteiger partial charge in [-0.05, 0) is 43.7 Å². The van der Waals surface area contributed by atoms with E-state index in [-0.39, 0.29) is 17.9 Å². The lowest BCUT2D eigenvalue weighted by Crippen LogP contribution is -2.12. The third kappa shape index (κ3) is 4.52. The molecule has 0 atom stereocenters. The van der Waals surface area contributed by atoms with Gasteiger partial charge in [-0.1, -0.05) is 30.0 Å². The number of esters is 1. The van der Waals surface area contributed by atoms with Crippen LogP contribution < -0.4 is 9.47 Å². The molecule has 3 rings (SSSR count). The van der Waals surface area contributed by atoms with Crippen molar-refractivity contribution in [3.63, 3.8) is 0 Å². The smallest absolute Gasteiger partial charge is 0.344 e. The minimum absolute atomic E-state index is 0.0591. The Hall–Kier alpha value is -3.19. The second-order valence-electron chi connectivity index (χ2n) is 6.37. The highest BCUT2D eigenvalue weighted by Crippen LogP contribution is 2.41. The van der Waals surface area contributed by atoms with Crippen LogP contribution in [0.5, 0.6) is 11.5 Å². The molecule has 2 aromatic rings. The van der Waals surface area contributed by atoms with Crippen LogP contribution in [0.3, 0.4) is 0 Å². The fourth-order valence-corrected chi connectivity index (χ4v) is 3.89. The Morgan fingerprint density at radius 1 is 1.17 bits per heavy atom. The van der Waals surface area contributed by atoms with Crippen LogP contribution in [0.2, 0.25) is 0 Å². The van der Waals surface area contributed by atoms with Crippen molar-refractivity contribution in [2.45, 2.75) is 13.8 Å². The van der Waals surface area contributed by atoms with Gasteiger partial charge in [-0.3, -0.25) is 0 Å². The number of carbonyl (C=O) groups is 1. The minimum atomic E-state index is -0.611. The molecule has 1 N–H and O–H groups in total. The van der Waals surface area contributed by atoms with Crippen molar-refractivity contribution in [3.8, 4) is 11.5 Å². The fraction of sp³-hybridized carbons (Fsp3) is 0.217. The van der Waals surface area contributed by atoms with Gasteiger partial charge in [0.2, 0.25) is 0 Å². The molecule has 2 aromatic carbocycles. The second-order valence-corrected chi connectivity index (χ2v) is 7.40. The summed E-state index contributed by atoms with van der Waals surface area (Å²) in [7, 11) is 3.14. The average Bonchev–Trinajstić information content (AvgIpc) is 3.05. The lowest BCUT2D eigenvalue weighted by molar-refractivity contribution is -0.138. The van der Waals surface area contributed by atoms with Crippen molar-refractivity contribution in [2.24, 2.45) is 4.99 Å². The van der Waals surface area contributed by atoms with Gasteiger partial charge in [0.15, 0.2) is 0 Å². The molecule has 0 fully saturated rings. The topological polar surface area (TPSA) is 77.4 Å². The van der Waals surface area contributed by atoms with E-state index in [1.165, 1.54) is 11.8 Å². The molecule has 0 aliphatic carbocycles. The van der Waals surface area contributed by atoms with Gasteiger partial charge in [-0.25, -0.2) is 9.79 Å². The van der Waals surface area contributed by atoms with E-state index in [1.807, 2.05) is 37.3 Å². The summed E-state index contributed by atoms with van der Waals surface area (Å²) in [4.78, 5) is 17.6. The third-order valence-corrected chi connectivity index (χ3v) is 5.45. The largest absolute Gasteiger partial charge is 0.506 e. The number of aryl methyl sites for hydroxylation is 1. The molecule has 0 spiro atoms. The van der Waals surface area contributed by atoms with Gasteiger partial charge < -0.3 is 19.3 Å². The highest BCUT2D eigenvalue weighted by molar-refractivity contribution is 8.18. The quantitative estimate of drug-likeness (QED) is 0.641. The Kier molecular flexibility index (Phi) is 6.84. The fourth-order valence-electron chi connectivity index (χ4n) is 2.87. The molecule has 0 aromatic heterocycles. The zero-order valence-electron chi connectivity index (χ0n) is 17.3. The van der Waals surface area contributed by atoms with Crippen molar-refractivity contribution < 1.29 is 24.1 Å². The molecular formula is C23H23NO5S. The monoisotopic (exact) mass is 425 g/mol. The van der Waals surface area contributed by atoms with Crippen LogP contribution in [0, 0.1) is 6.92 Å². The summed E-state index contributed by atoms with van der Waals surface area (Å²) in [6.07, 6.45) is 1.75. The van der Waals surface area contributed by atoms with Gasteiger partial charge in [-0.2, -0.15) is 0 Å². The van der Waals surface area contributed by atoms with Gasteiger partial charge in [0.1, 0.15) is 27.9 Å². The molecule has 1 aliphatic heterocycles. The first-order chi connectivity index (χ1) is 14.5. The van der Waals surface area contributed by atoms with Crippen LogP contribution >= 0.6 is 11.8 Å². The first-order valence-electron chi connectivity index (χ1n) is 9.35. The predicted molar refractivity (Wildman–Crippen MR) is 120 cm³/mol. The third-order valence-electron chi connectivity index (χ3n) is 4.43. The average molecular weight is 426 g/mol. The molecule has 0 radical (unpaired) electrons. The van der Waals surface area contributed by atoms with Crippen molar-refractivity contribution in [1.29, 1.82) is 0 Å². The number of aliphatic imine (C=N–C) groups is 1. The maximum atomic E-state index is 12.5. The normalized spacial score (nSPS) is 16.3. The molecule has 0 bridgehead atoms. The van der Waals surface area contributed by atoms with E-state index in [4.69, 9.17) is 14.2 Å². The zero-order valence-corrected chi connectivity index (χ0v) is 18.1. The molecule has 7 heteroatoms. The highest BCUT2D eigenvalue weighted by Gasteiger charge is 2.33. The maximum Gasteiger partial charge on any atom is 0.344 e. The summed E-state index contributed by atoms with van der Waals surface area (Å²) in [5.74, 6) is 0.461. The second kappa shape index (κ2) is 9.54. The summed E-state index contributed by atoms with van der Waals surface area (Å²) >= 11 is 1.21. The van der Waals surface area contributed by atoms with Crippen LogP contribution in [0.4, 0.5) is 5.69 Å². The number of rotatable bonds is 6. The molecule has 0 unspecified atom stereocenters. The first kappa shape index (κ1) is 21.5. The number of nitrogens with zero attached hydrogens (tertiary/aromatic N) is 1. The number of benzene rings is 2. The predicted octanol–water partition coefficient (Wildman–Crippen LogP) is 5.21. The molecule has 30 heavy (non-hydrogen) atoms. The number of para-hydroxylation sites is 1. The molecule has 0 saturated heterocycles. The molecular weight excluding hydrogens is 402 g/mol. The van der Waals surface area contributed by atoms with E-state index < -0.39 is 5.97 Å². The van der Waals surface area contributed by atoms with Gasteiger partial charge in [0.05, 0.1) is 31.4 Å². The summed E-state index contributed by atoms with van der Waals surface area (Å²) in [6, 6.07) is 13.0. The number of aliphatic hydroxyl groups is 1. The van der Waals surface area contributed by atoms with E-state index >= 15 is 0 Å². The van der Waals surface area contributed by atoms with Gasteiger partial charge in [0, 0.05) is 11.6 Å². The zero-order chi connectivity index (χ0) is 21.7. The van der Waals surface area contributed by atoms with E-state index in [2.05, 4.69) is 4.99 Å². The first-order valence-corrected chi connectivity index (χ1v) is 10.2. The van der Waals surface area contributed by atoms with Crippen LogP contribution in [-0.2, 0) is 9.53 Å². The standard InChI is InChI=1S/C23H23NO5S/c1-5-29-23(26)20-21(25)19(12-15-10-11-16(27-3)13-18(15)28-4)30-22(20)24-17-9-7-6-8-14(17)2/h6-13,25H,5H2,1-4H3. The number of thioether (sulfide) groups is 1. The Labute approximate surface area is 179 Å². The van der Waals surface area contributed by atoms with Crippen LogP contribution in [0.1, 0.15) is 18.1 Å². The minimum Gasteiger partial charge on any atom is -0.506 e. The Morgan fingerprint density at radius 3 is 2.60 bits per heavy atom. The van der Waals surface area contributed by atoms with E-state index in [0.29, 0.717) is 21.4 Å². The molecule has 1 heterocycles. The summed E-state index contributed by atoms with van der Waals surface area (Å²) < 4.78 is 15.8. The maximum absolute atomic E-state index is 12.5. The molecule has 0 saturated carbocycles. The lowest BCUT2D eigenvalue weighted by Gasteiger charge is -2.08. The summed E-state index contributed by atoms with van der Waals surface area (Å²) in [6.45, 7) is 3.85. The van der Waals surface area contributed by atoms with Crippen LogP contribution in [0.15, 0.2) is 63.7 Å². The number of aliphatic hydroxyl groups excluding tert-OH is 1. The van der Waals surface area contributed by atoms with Gasteiger partial charge >= 0.3 is 5.97 Å². The van der Waals surface area contributed by atoms with E-state index in [9.17, 15) is 9.90 Å². The SMILES string of the molecule is CCOC(=O)C1=C(O)C(=Cc2ccc(OC)cc2OC)SC1=Nc1ccccc1C. The van der Waals surface area contributed by atoms with Crippen molar-refractivity contribution >= 4 is 34.5 Å². The highest BCUT2D eigenvalue weighted by atomic mass is 32.2. The van der Waals surface area contributed by atoms with Crippen molar-refractivity contribution in [3.05, 3.63) is 69.8 Å². The molecule has 1 aliphatic rings. The van der Waals surface area contributed by atoms with Crippen molar-refractivity contribution in [1.82, 2.24) is 0 Å². The van der Waals surface area contributed by atoms with Crippen LogP contribution in [0.25, 0.3) is 6.08 Å². The number of hydrogen-bond acceptors (Lipinski definition) is 7. The van der Waals surface area contributed by atoms with Gasteiger partial charge in [0.25, 0.3) is 0 Å². The lowest BCUT2D eigenvalue weighted by atomic mass is 10.1. The Morgan fingerprint density at radius 2 is 1.93 bits per heavy atom. The van der Waals surface area contributed by atoms with Gasteiger partial charge in [-0.15, -0.1) is 0 Å². The molecule has 156 valence electrons. The van der Waals surface area contributed by atoms with Crippen LogP contribution in [-0.4, -0.2) is 36.9 Å². The van der Waals surface area contributed by atoms with E-state index in [0.717, 1.165) is 16.8 Å². The Bertz CT molecular complexity index is 1060. The summed E-state index contributed by atoms with van der Waals surface area (Å²) in [5.41, 5.74) is 2.47. The summed E-state index contributed by atoms with van der Waals surface area (Å²) in [5, 5.41) is 11.2. The molecule has 6 nitrogen and oxygen atoms in total. The molecule has 0 amide bonds. The number of hydrogen-bond donors (Lipinski definition) is 1. The number of carbonyl (C=O) groups excluding carboxylic acids is 1. The van der Waals surface area contributed by atoms with E-state index in [1.54, 1.807) is 39.4 Å². The number of methoxy groups -OCH3 is 2. The van der Waals surface area contributed by atoms with Crippen molar-refractivity contribution in [2.75, 3.05) is 20.8 Å². The Balaban J connectivity index is 2.08. The number of ether oxygens (including phenoxy) is 3.